The summed E-state index contributed by atoms with van der Waals surface area (Å²) < 4.78 is 10.5. The van der Waals surface area contributed by atoms with Gasteiger partial charge >= 0.3 is 11.9 Å². The van der Waals surface area contributed by atoms with Gasteiger partial charge in [0.05, 0.1) is 13.2 Å². The quantitative estimate of drug-likeness (QED) is 0.353. The number of ketones is 1. The second kappa shape index (κ2) is 10.4. The Morgan fingerprint density at radius 1 is 0.786 bits per heavy atom. The largest absolute Gasteiger partial charge is 0.465 e. The van der Waals surface area contributed by atoms with Crippen LogP contribution in [-0.4, -0.2) is 30.9 Å². The molecule has 0 bridgehead atoms. The lowest BCUT2D eigenvalue weighted by Crippen LogP contribution is -2.44. The third-order valence-corrected chi connectivity index (χ3v) is 4.56. The van der Waals surface area contributed by atoms with Crippen molar-refractivity contribution in [2.24, 2.45) is 5.41 Å². The summed E-state index contributed by atoms with van der Waals surface area (Å²) in [6, 6.07) is 18.0. The third-order valence-electron chi connectivity index (χ3n) is 4.56. The molecule has 2 rings (SSSR count). The monoisotopic (exact) mass is 382 g/mol. The number of carbonyl (C=O) groups is 3. The standard InChI is InChI=1S/C23H26O5/c1-3-27-21(25)23(22(26)28-4-2,17-18-11-7-5-8-12-18)16-15-20(24)19-13-9-6-10-14-19/h5-14H,3-4,15-17H2,1-2H3. The average molecular weight is 382 g/mol. The average Bonchev–Trinajstić information content (AvgIpc) is 2.72. The van der Waals surface area contributed by atoms with Crippen LogP contribution in [0.1, 0.15) is 42.6 Å². The molecule has 0 aliphatic heterocycles. The fourth-order valence-electron chi connectivity index (χ4n) is 3.10. The molecule has 0 aliphatic rings. The molecule has 0 aliphatic carbocycles. The van der Waals surface area contributed by atoms with Crippen molar-refractivity contribution in [3.05, 3.63) is 71.8 Å². The van der Waals surface area contributed by atoms with Crippen LogP contribution in [0, 0.1) is 5.41 Å². The summed E-state index contributed by atoms with van der Waals surface area (Å²) in [5, 5.41) is 0. The number of hydrogen-bond acceptors (Lipinski definition) is 5. The van der Waals surface area contributed by atoms with Crippen LogP contribution in [0.25, 0.3) is 0 Å². The molecule has 0 heterocycles. The molecule has 0 saturated carbocycles. The van der Waals surface area contributed by atoms with Gasteiger partial charge in [-0.05, 0) is 32.3 Å². The van der Waals surface area contributed by atoms with Gasteiger partial charge in [-0.25, -0.2) is 0 Å². The lowest BCUT2D eigenvalue weighted by molar-refractivity contribution is -0.172. The molecule has 5 heteroatoms. The van der Waals surface area contributed by atoms with E-state index in [-0.39, 0.29) is 38.3 Å². The molecule has 148 valence electrons. The fraction of sp³-hybridized carbons (Fsp3) is 0.348. The second-order valence-corrected chi connectivity index (χ2v) is 6.47. The topological polar surface area (TPSA) is 69.7 Å². The molecular weight excluding hydrogens is 356 g/mol. The highest BCUT2D eigenvalue weighted by molar-refractivity contribution is 6.02. The summed E-state index contributed by atoms with van der Waals surface area (Å²) in [4.78, 5) is 38.4. The van der Waals surface area contributed by atoms with Crippen molar-refractivity contribution in [3.63, 3.8) is 0 Å². The molecular formula is C23H26O5. The lowest BCUT2D eigenvalue weighted by Gasteiger charge is -2.29. The second-order valence-electron chi connectivity index (χ2n) is 6.47. The van der Waals surface area contributed by atoms with E-state index in [4.69, 9.17) is 9.47 Å². The minimum atomic E-state index is -1.56. The zero-order valence-corrected chi connectivity index (χ0v) is 16.4. The van der Waals surface area contributed by atoms with Crippen LogP contribution < -0.4 is 0 Å². The van der Waals surface area contributed by atoms with Crippen LogP contribution in [0.2, 0.25) is 0 Å². The third kappa shape index (κ3) is 5.28. The van der Waals surface area contributed by atoms with E-state index in [9.17, 15) is 14.4 Å². The summed E-state index contributed by atoms with van der Waals surface area (Å²) >= 11 is 0. The van der Waals surface area contributed by atoms with Gasteiger partial charge in [-0.2, -0.15) is 0 Å². The minimum absolute atomic E-state index is 0.0211. The molecule has 0 N–H and O–H groups in total. The van der Waals surface area contributed by atoms with Gasteiger partial charge < -0.3 is 9.47 Å². The van der Waals surface area contributed by atoms with E-state index in [0.717, 1.165) is 5.56 Å². The van der Waals surface area contributed by atoms with Gasteiger partial charge in [0.25, 0.3) is 0 Å². The van der Waals surface area contributed by atoms with E-state index in [1.165, 1.54) is 0 Å². The van der Waals surface area contributed by atoms with E-state index in [1.54, 1.807) is 38.1 Å². The number of Topliss-reactive ketones (excluding diaryl/α,β-unsaturated/α-hetero) is 1. The molecule has 0 radical (unpaired) electrons. The van der Waals surface area contributed by atoms with Crippen molar-refractivity contribution in [1.82, 2.24) is 0 Å². The first-order chi connectivity index (χ1) is 13.5. The highest BCUT2D eigenvalue weighted by atomic mass is 16.6. The molecule has 2 aromatic rings. The van der Waals surface area contributed by atoms with Crippen LogP contribution in [-0.2, 0) is 25.5 Å². The molecule has 28 heavy (non-hydrogen) atoms. The first-order valence-corrected chi connectivity index (χ1v) is 9.50. The van der Waals surface area contributed by atoms with Crippen molar-refractivity contribution in [2.75, 3.05) is 13.2 Å². The molecule has 0 saturated heterocycles. The number of hydrogen-bond donors (Lipinski definition) is 0. The first kappa shape index (κ1) is 21.4. The van der Waals surface area contributed by atoms with Crippen LogP contribution in [0.15, 0.2) is 60.7 Å². The normalized spacial score (nSPS) is 10.9. The number of ether oxygens (including phenoxy) is 2. The summed E-state index contributed by atoms with van der Waals surface area (Å²) in [5.41, 5.74) is -0.211. The molecule has 0 amide bonds. The Kier molecular flexibility index (Phi) is 7.93. The van der Waals surface area contributed by atoms with Crippen molar-refractivity contribution in [1.29, 1.82) is 0 Å². The Labute approximate surface area is 165 Å². The first-order valence-electron chi connectivity index (χ1n) is 9.50. The SMILES string of the molecule is CCOC(=O)C(CCC(=O)c1ccccc1)(Cc1ccccc1)C(=O)OCC. The maximum Gasteiger partial charge on any atom is 0.323 e. The highest BCUT2D eigenvalue weighted by Gasteiger charge is 2.48. The Hall–Kier alpha value is -2.95. The molecule has 0 aromatic heterocycles. The van der Waals surface area contributed by atoms with Crippen LogP contribution in [0.4, 0.5) is 0 Å². The summed E-state index contributed by atoms with van der Waals surface area (Å²) in [6.45, 7) is 3.65. The van der Waals surface area contributed by atoms with E-state index in [1.807, 2.05) is 36.4 Å². The van der Waals surface area contributed by atoms with Crippen molar-refractivity contribution >= 4 is 17.7 Å². The molecule has 0 spiro atoms. The smallest absolute Gasteiger partial charge is 0.323 e. The molecule has 2 aromatic carbocycles. The molecule has 0 unspecified atom stereocenters. The van der Waals surface area contributed by atoms with Gasteiger partial charge in [0.1, 0.15) is 0 Å². The number of benzene rings is 2. The molecule has 0 fully saturated rings. The predicted molar refractivity (Wildman–Crippen MR) is 106 cm³/mol. The van der Waals surface area contributed by atoms with Gasteiger partial charge in [0, 0.05) is 12.0 Å². The van der Waals surface area contributed by atoms with E-state index >= 15 is 0 Å². The van der Waals surface area contributed by atoms with Gasteiger partial charge in [-0.1, -0.05) is 60.7 Å². The van der Waals surface area contributed by atoms with Gasteiger partial charge in [0.2, 0.25) is 0 Å². The Bertz CT molecular complexity index is 765. The number of rotatable bonds is 10. The van der Waals surface area contributed by atoms with Crippen LogP contribution in [0.3, 0.4) is 0 Å². The fourth-order valence-corrected chi connectivity index (χ4v) is 3.10. The van der Waals surface area contributed by atoms with Crippen LogP contribution in [0.5, 0.6) is 0 Å². The van der Waals surface area contributed by atoms with Gasteiger partial charge in [-0.3, -0.25) is 14.4 Å². The van der Waals surface area contributed by atoms with Crippen LogP contribution >= 0.6 is 0 Å². The van der Waals surface area contributed by atoms with Gasteiger partial charge in [0.15, 0.2) is 11.2 Å². The molecule has 5 nitrogen and oxygen atoms in total. The summed E-state index contributed by atoms with van der Waals surface area (Å²) in [6.07, 6.45) is 0.176. The number of esters is 2. The Morgan fingerprint density at radius 2 is 1.29 bits per heavy atom. The van der Waals surface area contributed by atoms with E-state index in [0.29, 0.717) is 5.56 Å². The van der Waals surface area contributed by atoms with Gasteiger partial charge in [-0.15, -0.1) is 0 Å². The zero-order chi connectivity index (χ0) is 20.4. The van der Waals surface area contributed by atoms with E-state index < -0.39 is 17.4 Å². The van der Waals surface area contributed by atoms with E-state index in [2.05, 4.69) is 0 Å². The van der Waals surface area contributed by atoms with Crippen molar-refractivity contribution < 1.29 is 23.9 Å². The summed E-state index contributed by atoms with van der Waals surface area (Å²) in [7, 11) is 0. The molecule has 0 atom stereocenters. The summed E-state index contributed by atoms with van der Waals surface area (Å²) in [5.74, 6) is -1.44. The minimum Gasteiger partial charge on any atom is -0.465 e. The maximum absolute atomic E-state index is 12.9. The number of carbonyl (C=O) groups excluding carboxylic acids is 3. The predicted octanol–water partition coefficient (Wildman–Crippen LogP) is 4.00. The lowest BCUT2D eigenvalue weighted by atomic mass is 9.76. The zero-order valence-electron chi connectivity index (χ0n) is 16.4. The Morgan fingerprint density at radius 3 is 1.79 bits per heavy atom. The Balaban J connectivity index is 2.34. The maximum atomic E-state index is 12.9. The van der Waals surface area contributed by atoms with Crippen molar-refractivity contribution in [2.45, 2.75) is 33.1 Å². The van der Waals surface area contributed by atoms with Crippen molar-refractivity contribution in [3.8, 4) is 0 Å². The highest BCUT2D eigenvalue weighted by Crippen LogP contribution is 2.33.